The van der Waals surface area contributed by atoms with Crippen molar-refractivity contribution in [2.24, 2.45) is 0 Å². The lowest BCUT2D eigenvalue weighted by Gasteiger charge is -2.14. The second-order valence-corrected chi connectivity index (χ2v) is 5.91. The molecule has 0 radical (unpaired) electrons. The van der Waals surface area contributed by atoms with E-state index in [1.807, 2.05) is 24.3 Å². The van der Waals surface area contributed by atoms with Gasteiger partial charge in [0.05, 0.1) is 6.04 Å². The first-order valence-electron chi connectivity index (χ1n) is 8.11. The largest absolute Gasteiger partial charge is 0.489 e. The minimum absolute atomic E-state index is 0. The summed E-state index contributed by atoms with van der Waals surface area (Å²) in [5.41, 5.74) is 1.66. The number of nitrogens with one attached hydrogen (secondary N) is 2. The highest BCUT2D eigenvalue weighted by molar-refractivity contribution is 5.85. The van der Waals surface area contributed by atoms with Crippen LogP contribution in [0.4, 0.5) is 4.39 Å². The molecule has 4 nitrogen and oxygen atoms in total. The fraction of sp³-hybridized carbons (Fsp3) is 0.316. The van der Waals surface area contributed by atoms with Crippen molar-refractivity contribution in [3.05, 3.63) is 65.5 Å². The number of carbonyl (C=O) groups is 1. The fourth-order valence-corrected chi connectivity index (χ4v) is 2.96. The molecule has 3 rings (SSSR count). The second-order valence-electron chi connectivity index (χ2n) is 5.91. The minimum atomic E-state index is -0.260. The van der Waals surface area contributed by atoms with E-state index >= 15 is 0 Å². The normalized spacial score (nSPS) is 19.1. The lowest BCUT2D eigenvalue weighted by molar-refractivity contribution is -0.122. The molecule has 0 aromatic heterocycles. The molecule has 1 fully saturated rings. The van der Waals surface area contributed by atoms with Crippen LogP contribution in [0.15, 0.2) is 48.5 Å². The quantitative estimate of drug-likeness (QED) is 0.855. The van der Waals surface area contributed by atoms with Crippen LogP contribution in [-0.2, 0) is 11.4 Å². The molecule has 1 aliphatic heterocycles. The maximum Gasteiger partial charge on any atom is 0.236 e. The van der Waals surface area contributed by atoms with Gasteiger partial charge in [-0.05, 0) is 36.6 Å². The van der Waals surface area contributed by atoms with E-state index in [0.717, 1.165) is 18.4 Å². The number of amides is 1. The lowest BCUT2D eigenvalue weighted by Crippen LogP contribution is -2.39. The van der Waals surface area contributed by atoms with E-state index in [2.05, 4.69) is 10.6 Å². The molecule has 2 aromatic carbocycles. The molecule has 0 unspecified atom stereocenters. The van der Waals surface area contributed by atoms with Crippen molar-refractivity contribution in [2.75, 3.05) is 7.05 Å². The Bertz CT molecular complexity index is 709. The SMILES string of the molecule is CNC(=O)[C@@H]1CC[C@H](c2ccc(OCc3ccccc3F)cc2)N1.Cl. The van der Waals surface area contributed by atoms with Crippen LogP contribution >= 0.6 is 12.4 Å². The summed E-state index contributed by atoms with van der Waals surface area (Å²) in [7, 11) is 1.65. The van der Waals surface area contributed by atoms with E-state index in [1.165, 1.54) is 6.07 Å². The number of likely N-dealkylation sites (N-methyl/N-ethyl adjacent to an activating group) is 1. The lowest BCUT2D eigenvalue weighted by atomic mass is 10.1. The Balaban J connectivity index is 0.00000225. The average molecular weight is 365 g/mol. The van der Waals surface area contributed by atoms with E-state index in [1.54, 1.807) is 25.2 Å². The Hall–Kier alpha value is -2.11. The van der Waals surface area contributed by atoms with Gasteiger partial charge in [0.2, 0.25) is 5.91 Å². The second kappa shape index (κ2) is 8.83. The fourth-order valence-electron chi connectivity index (χ4n) is 2.96. The van der Waals surface area contributed by atoms with Crippen LogP contribution in [0.2, 0.25) is 0 Å². The molecule has 134 valence electrons. The van der Waals surface area contributed by atoms with Crippen LogP contribution in [0.3, 0.4) is 0 Å². The van der Waals surface area contributed by atoms with E-state index in [0.29, 0.717) is 11.3 Å². The summed E-state index contributed by atoms with van der Waals surface area (Å²) < 4.78 is 19.2. The average Bonchev–Trinajstić information content (AvgIpc) is 3.11. The van der Waals surface area contributed by atoms with Gasteiger partial charge in [-0.25, -0.2) is 4.39 Å². The number of hydrogen-bond donors (Lipinski definition) is 2. The molecule has 0 spiro atoms. The third kappa shape index (κ3) is 4.71. The summed E-state index contributed by atoms with van der Waals surface area (Å²) in [5, 5.41) is 6.01. The molecule has 0 aliphatic carbocycles. The van der Waals surface area contributed by atoms with Crippen molar-refractivity contribution in [1.82, 2.24) is 10.6 Å². The predicted molar refractivity (Wildman–Crippen MR) is 97.4 cm³/mol. The number of carbonyl (C=O) groups excluding carboxylic acids is 1. The smallest absolute Gasteiger partial charge is 0.236 e. The molecule has 0 bridgehead atoms. The van der Waals surface area contributed by atoms with Gasteiger partial charge in [-0.3, -0.25) is 10.1 Å². The van der Waals surface area contributed by atoms with Gasteiger partial charge in [0.1, 0.15) is 18.2 Å². The molecule has 1 heterocycles. The van der Waals surface area contributed by atoms with Crippen molar-refractivity contribution in [3.63, 3.8) is 0 Å². The monoisotopic (exact) mass is 364 g/mol. The summed E-state index contributed by atoms with van der Waals surface area (Å²) in [4.78, 5) is 11.7. The van der Waals surface area contributed by atoms with Gasteiger partial charge in [-0.1, -0.05) is 30.3 Å². The van der Waals surface area contributed by atoms with E-state index in [4.69, 9.17) is 4.74 Å². The van der Waals surface area contributed by atoms with Crippen molar-refractivity contribution in [3.8, 4) is 5.75 Å². The van der Waals surface area contributed by atoms with Crippen molar-refractivity contribution in [1.29, 1.82) is 0 Å². The first-order chi connectivity index (χ1) is 11.7. The molecule has 1 aliphatic rings. The van der Waals surface area contributed by atoms with Gasteiger partial charge in [0.25, 0.3) is 0 Å². The highest BCUT2D eigenvalue weighted by Crippen LogP contribution is 2.28. The number of ether oxygens (including phenoxy) is 1. The Morgan fingerprint density at radius 3 is 2.60 bits per heavy atom. The third-order valence-electron chi connectivity index (χ3n) is 4.34. The Kier molecular flexibility index (Phi) is 6.79. The van der Waals surface area contributed by atoms with Crippen LogP contribution in [0.25, 0.3) is 0 Å². The van der Waals surface area contributed by atoms with Crippen LogP contribution in [0.5, 0.6) is 5.75 Å². The Morgan fingerprint density at radius 1 is 1.20 bits per heavy atom. The zero-order valence-electron chi connectivity index (χ0n) is 14.0. The van der Waals surface area contributed by atoms with Gasteiger partial charge in [-0.15, -0.1) is 12.4 Å². The zero-order chi connectivity index (χ0) is 16.9. The van der Waals surface area contributed by atoms with Gasteiger partial charge in [0, 0.05) is 18.7 Å². The molecule has 6 heteroatoms. The van der Waals surface area contributed by atoms with Gasteiger partial charge < -0.3 is 10.1 Å². The molecule has 2 aromatic rings. The molecular weight excluding hydrogens is 343 g/mol. The third-order valence-corrected chi connectivity index (χ3v) is 4.34. The molecule has 2 atom stereocenters. The Morgan fingerprint density at radius 2 is 1.92 bits per heavy atom. The van der Waals surface area contributed by atoms with Crippen LogP contribution in [0, 0.1) is 5.82 Å². The van der Waals surface area contributed by atoms with Crippen LogP contribution in [0.1, 0.15) is 30.0 Å². The van der Waals surface area contributed by atoms with Gasteiger partial charge in [-0.2, -0.15) is 0 Å². The van der Waals surface area contributed by atoms with Crippen molar-refractivity contribution in [2.45, 2.75) is 31.5 Å². The van der Waals surface area contributed by atoms with E-state index < -0.39 is 0 Å². The first kappa shape index (κ1) is 19.2. The summed E-state index contributed by atoms with van der Waals surface area (Å²) in [6, 6.07) is 14.4. The molecule has 2 N–H and O–H groups in total. The number of halogens is 2. The first-order valence-corrected chi connectivity index (χ1v) is 8.11. The molecule has 25 heavy (non-hydrogen) atoms. The zero-order valence-corrected chi connectivity index (χ0v) is 14.8. The topological polar surface area (TPSA) is 50.4 Å². The minimum Gasteiger partial charge on any atom is -0.489 e. The highest BCUT2D eigenvalue weighted by atomic mass is 35.5. The maximum atomic E-state index is 13.6. The molecular formula is C19H22ClFN2O2. The predicted octanol–water partition coefficient (Wildman–Crippen LogP) is 3.37. The molecule has 1 saturated heterocycles. The van der Waals surface area contributed by atoms with E-state index in [-0.39, 0.29) is 42.8 Å². The molecule has 1 amide bonds. The molecule has 0 saturated carbocycles. The standard InChI is InChI=1S/C19H21FN2O2.ClH/c1-21-19(23)18-11-10-17(22-18)13-6-8-15(9-7-13)24-12-14-4-2-3-5-16(14)20;/h2-9,17-18,22H,10-12H2,1H3,(H,21,23);1H/t17-,18+;/m1./s1. The van der Waals surface area contributed by atoms with Gasteiger partial charge >= 0.3 is 0 Å². The van der Waals surface area contributed by atoms with Crippen LogP contribution < -0.4 is 15.4 Å². The summed E-state index contributed by atoms with van der Waals surface area (Å²) >= 11 is 0. The number of benzene rings is 2. The summed E-state index contributed by atoms with van der Waals surface area (Å²) in [5.74, 6) is 0.467. The van der Waals surface area contributed by atoms with Crippen LogP contribution in [-0.4, -0.2) is 19.0 Å². The highest BCUT2D eigenvalue weighted by Gasteiger charge is 2.29. The van der Waals surface area contributed by atoms with Gasteiger partial charge in [0.15, 0.2) is 0 Å². The van der Waals surface area contributed by atoms with E-state index in [9.17, 15) is 9.18 Å². The van der Waals surface area contributed by atoms with Crippen molar-refractivity contribution < 1.29 is 13.9 Å². The number of hydrogen-bond acceptors (Lipinski definition) is 3. The van der Waals surface area contributed by atoms with Crippen molar-refractivity contribution >= 4 is 18.3 Å². The Labute approximate surface area is 153 Å². The summed E-state index contributed by atoms with van der Waals surface area (Å²) in [6.07, 6.45) is 1.75. The number of rotatable bonds is 5. The maximum absolute atomic E-state index is 13.6. The summed E-state index contributed by atoms with van der Waals surface area (Å²) in [6.45, 7) is 0.201.